The van der Waals surface area contributed by atoms with Crippen molar-refractivity contribution in [2.75, 3.05) is 11.9 Å². The van der Waals surface area contributed by atoms with E-state index in [1.54, 1.807) is 24.3 Å². The zero-order chi connectivity index (χ0) is 21.0. The Kier molecular flexibility index (Phi) is 6.60. The zero-order valence-electron chi connectivity index (χ0n) is 16.6. The average molecular weight is 414 g/mol. The zero-order valence-corrected chi connectivity index (χ0v) is 17.4. The lowest BCUT2D eigenvalue weighted by molar-refractivity contribution is -0.146. The van der Waals surface area contributed by atoms with Gasteiger partial charge in [-0.1, -0.05) is 36.6 Å². The summed E-state index contributed by atoms with van der Waals surface area (Å²) in [6.45, 7) is 3.46. The molecule has 29 heavy (non-hydrogen) atoms. The molecule has 2 aromatic rings. The normalized spacial score (nSPS) is 13.9. The Morgan fingerprint density at radius 1 is 1.24 bits per heavy atom. The van der Waals surface area contributed by atoms with Gasteiger partial charge in [-0.2, -0.15) is 5.26 Å². The monoisotopic (exact) mass is 413 g/mol. The molecule has 0 saturated heterocycles. The summed E-state index contributed by atoms with van der Waals surface area (Å²) in [5, 5.41) is 13.0. The van der Waals surface area contributed by atoms with Gasteiger partial charge in [0.1, 0.15) is 11.9 Å². The minimum Gasteiger partial charge on any atom is -0.455 e. The predicted molar refractivity (Wildman–Crippen MR) is 111 cm³/mol. The summed E-state index contributed by atoms with van der Waals surface area (Å²) >= 11 is 5.83. The Balaban J connectivity index is 1.65. The van der Waals surface area contributed by atoms with Crippen molar-refractivity contribution >= 4 is 29.3 Å². The molecule has 1 aromatic heterocycles. The maximum Gasteiger partial charge on any atom is 0.310 e. The number of hydrogen-bond donors (Lipinski definition) is 1. The number of anilines is 1. The van der Waals surface area contributed by atoms with Crippen molar-refractivity contribution in [2.24, 2.45) is 0 Å². The van der Waals surface area contributed by atoms with Gasteiger partial charge in [0, 0.05) is 16.8 Å². The number of ether oxygens (including phenoxy) is 1. The lowest BCUT2D eigenvalue weighted by Crippen LogP contribution is -2.24. The van der Waals surface area contributed by atoms with Crippen LogP contribution in [-0.2, 0) is 20.7 Å². The van der Waals surface area contributed by atoms with Gasteiger partial charge in [0.25, 0.3) is 5.91 Å². The topological polar surface area (TPSA) is 84.1 Å². The molecule has 6 nitrogen and oxygen atoms in total. The van der Waals surface area contributed by atoms with Crippen molar-refractivity contribution in [2.45, 2.75) is 52.0 Å². The van der Waals surface area contributed by atoms with Crippen molar-refractivity contribution in [3.05, 3.63) is 51.7 Å². The number of esters is 1. The Morgan fingerprint density at radius 3 is 2.52 bits per heavy atom. The predicted octanol–water partition coefficient (Wildman–Crippen LogP) is 4.47. The second-order valence-electron chi connectivity index (χ2n) is 7.37. The number of hydrogen-bond acceptors (Lipinski definition) is 4. The SMILES string of the molecule is Cc1c(C#N)c(NC(=O)COC(=O)Cc2ccc(Cl)cc2)n(C2CCCC2)c1C. The van der Waals surface area contributed by atoms with Crippen LogP contribution in [0.15, 0.2) is 24.3 Å². The van der Waals surface area contributed by atoms with E-state index in [0.717, 1.165) is 42.5 Å². The fourth-order valence-corrected chi connectivity index (χ4v) is 3.97. The van der Waals surface area contributed by atoms with Crippen LogP contribution in [0.2, 0.25) is 5.02 Å². The highest BCUT2D eigenvalue weighted by atomic mass is 35.5. The van der Waals surface area contributed by atoms with Crippen molar-refractivity contribution in [3.63, 3.8) is 0 Å². The van der Waals surface area contributed by atoms with Gasteiger partial charge in [-0.3, -0.25) is 9.59 Å². The average Bonchev–Trinajstić information content (AvgIpc) is 3.29. The van der Waals surface area contributed by atoms with Gasteiger partial charge in [0.15, 0.2) is 6.61 Å². The first-order valence-electron chi connectivity index (χ1n) is 9.72. The molecule has 3 rings (SSSR count). The van der Waals surface area contributed by atoms with E-state index in [2.05, 4.69) is 16.0 Å². The Bertz CT molecular complexity index is 951. The summed E-state index contributed by atoms with van der Waals surface area (Å²) in [6, 6.07) is 9.35. The van der Waals surface area contributed by atoms with E-state index in [-0.39, 0.29) is 12.5 Å². The number of amides is 1. The van der Waals surface area contributed by atoms with E-state index in [0.29, 0.717) is 16.4 Å². The number of carbonyl (C=O) groups excluding carboxylic acids is 2. The largest absolute Gasteiger partial charge is 0.455 e. The third kappa shape index (κ3) is 4.80. The first-order chi connectivity index (χ1) is 13.9. The second-order valence-corrected chi connectivity index (χ2v) is 7.80. The fraction of sp³-hybridized carbons (Fsp3) is 0.409. The van der Waals surface area contributed by atoms with Gasteiger partial charge in [-0.15, -0.1) is 0 Å². The van der Waals surface area contributed by atoms with E-state index in [9.17, 15) is 14.9 Å². The quantitative estimate of drug-likeness (QED) is 0.708. The number of nitrogens with one attached hydrogen (secondary N) is 1. The number of halogens is 1. The molecule has 0 spiro atoms. The van der Waals surface area contributed by atoms with Gasteiger partial charge >= 0.3 is 5.97 Å². The van der Waals surface area contributed by atoms with Crippen LogP contribution >= 0.6 is 11.6 Å². The van der Waals surface area contributed by atoms with E-state index in [1.165, 1.54) is 0 Å². The van der Waals surface area contributed by atoms with Gasteiger partial charge in [-0.25, -0.2) is 0 Å². The van der Waals surface area contributed by atoms with Crippen LogP contribution in [0.4, 0.5) is 5.82 Å². The number of carbonyl (C=O) groups is 2. The van der Waals surface area contributed by atoms with Gasteiger partial charge in [-0.05, 0) is 49.9 Å². The van der Waals surface area contributed by atoms with E-state index < -0.39 is 18.5 Å². The van der Waals surface area contributed by atoms with Crippen molar-refractivity contribution in [1.29, 1.82) is 5.26 Å². The maximum absolute atomic E-state index is 12.4. The number of aromatic nitrogens is 1. The molecule has 1 aliphatic carbocycles. The third-order valence-corrected chi connectivity index (χ3v) is 5.69. The maximum atomic E-state index is 12.4. The van der Waals surface area contributed by atoms with Crippen LogP contribution in [-0.4, -0.2) is 23.1 Å². The smallest absolute Gasteiger partial charge is 0.310 e. The molecule has 1 fully saturated rings. The summed E-state index contributed by atoms with van der Waals surface area (Å²) in [5.41, 5.74) is 3.08. The summed E-state index contributed by atoms with van der Waals surface area (Å²) in [5.74, 6) is -0.447. The van der Waals surface area contributed by atoms with Gasteiger partial charge in [0.2, 0.25) is 0 Å². The minimum atomic E-state index is -0.499. The van der Waals surface area contributed by atoms with E-state index in [1.807, 2.05) is 13.8 Å². The fourth-order valence-electron chi connectivity index (χ4n) is 3.84. The molecular formula is C22H24ClN3O3. The minimum absolute atomic E-state index is 0.0601. The molecule has 0 radical (unpaired) electrons. The summed E-state index contributed by atoms with van der Waals surface area (Å²) in [4.78, 5) is 24.5. The number of benzene rings is 1. The first kappa shape index (κ1) is 20.9. The Labute approximate surface area is 175 Å². The molecule has 1 saturated carbocycles. The van der Waals surface area contributed by atoms with Crippen LogP contribution in [0, 0.1) is 25.2 Å². The van der Waals surface area contributed by atoms with Crippen LogP contribution in [0.5, 0.6) is 0 Å². The van der Waals surface area contributed by atoms with Crippen molar-refractivity contribution in [1.82, 2.24) is 4.57 Å². The van der Waals surface area contributed by atoms with Crippen LogP contribution in [0.25, 0.3) is 0 Å². The molecule has 7 heteroatoms. The van der Waals surface area contributed by atoms with Crippen LogP contribution < -0.4 is 5.32 Å². The molecule has 0 aliphatic heterocycles. The molecule has 1 N–H and O–H groups in total. The van der Waals surface area contributed by atoms with Gasteiger partial charge < -0.3 is 14.6 Å². The number of rotatable bonds is 6. The molecular weight excluding hydrogens is 390 g/mol. The molecule has 1 aromatic carbocycles. The molecule has 0 bridgehead atoms. The Hall–Kier alpha value is -2.78. The standard InChI is InChI=1S/C22H24ClN3O3/c1-14-15(2)26(18-5-3-4-6-18)22(19(14)12-24)25-20(27)13-29-21(28)11-16-7-9-17(23)10-8-16/h7-10,18H,3-6,11,13H2,1-2H3,(H,25,27). The van der Waals surface area contributed by atoms with Gasteiger partial charge in [0.05, 0.1) is 12.0 Å². The highest BCUT2D eigenvalue weighted by Gasteiger charge is 2.26. The van der Waals surface area contributed by atoms with Crippen LogP contribution in [0.1, 0.15) is 54.1 Å². The number of nitrogens with zero attached hydrogens (tertiary/aromatic N) is 2. The van der Waals surface area contributed by atoms with Crippen molar-refractivity contribution in [3.8, 4) is 6.07 Å². The summed E-state index contributed by atoms with van der Waals surface area (Å²) < 4.78 is 7.17. The molecule has 1 heterocycles. The summed E-state index contributed by atoms with van der Waals surface area (Å²) in [6.07, 6.45) is 4.39. The van der Waals surface area contributed by atoms with E-state index >= 15 is 0 Å². The third-order valence-electron chi connectivity index (χ3n) is 5.44. The lowest BCUT2D eigenvalue weighted by Gasteiger charge is -2.19. The highest BCUT2D eigenvalue weighted by molar-refractivity contribution is 6.30. The van der Waals surface area contributed by atoms with Crippen molar-refractivity contribution < 1.29 is 14.3 Å². The van der Waals surface area contributed by atoms with E-state index in [4.69, 9.17) is 16.3 Å². The summed E-state index contributed by atoms with van der Waals surface area (Å²) in [7, 11) is 0. The molecule has 152 valence electrons. The first-order valence-corrected chi connectivity index (χ1v) is 10.1. The number of nitriles is 1. The van der Waals surface area contributed by atoms with Crippen LogP contribution in [0.3, 0.4) is 0 Å². The molecule has 0 atom stereocenters. The molecule has 0 unspecified atom stereocenters. The lowest BCUT2D eigenvalue weighted by atomic mass is 10.1. The Morgan fingerprint density at radius 2 is 1.90 bits per heavy atom. The molecule has 1 amide bonds. The second kappa shape index (κ2) is 9.15. The molecule has 1 aliphatic rings. The highest BCUT2D eigenvalue weighted by Crippen LogP contribution is 2.37.